The van der Waals surface area contributed by atoms with Crippen LogP contribution in [0.3, 0.4) is 0 Å². The molecule has 1 saturated heterocycles. The SMILES string of the molecule is CN=C(NCC(C1CCCCC1)N(C)C)N1CCC(C)C(n2ccnc2)C1.I. The Kier molecular flexibility index (Phi) is 9.53. The summed E-state index contributed by atoms with van der Waals surface area (Å²) >= 11 is 0. The molecule has 0 aromatic carbocycles. The molecule has 0 spiro atoms. The minimum Gasteiger partial charge on any atom is -0.355 e. The number of imidazole rings is 1. The molecule has 1 aromatic rings. The molecule has 28 heavy (non-hydrogen) atoms. The Balaban J connectivity index is 0.00000280. The Hall–Kier alpha value is -0.830. The van der Waals surface area contributed by atoms with Gasteiger partial charge in [0.25, 0.3) is 0 Å². The van der Waals surface area contributed by atoms with Crippen molar-refractivity contribution in [2.24, 2.45) is 16.8 Å². The molecule has 1 aliphatic carbocycles. The van der Waals surface area contributed by atoms with Crippen LogP contribution in [0, 0.1) is 11.8 Å². The van der Waals surface area contributed by atoms with Crippen LogP contribution in [0.2, 0.25) is 0 Å². The standard InChI is InChI=1S/C21H38N6.HI/c1-17-10-12-26(15-20(17)27-13-11-23-16-27)21(22-2)24-14-19(25(3)4)18-8-6-5-7-9-18;/h11,13,16-20H,5-10,12,14-15H2,1-4H3,(H,22,24);1H. The average Bonchev–Trinajstić information content (AvgIpc) is 3.21. The van der Waals surface area contributed by atoms with Crippen LogP contribution in [0.25, 0.3) is 0 Å². The number of nitrogens with zero attached hydrogens (tertiary/aromatic N) is 5. The van der Waals surface area contributed by atoms with Gasteiger partial charge < -0.3 is 19.7 Å². The van der Waals surface area contributed by atoms with E-state index in [4.69, 9.17) is 0 Å². The highest BCUT2D eigenvalue weighted by atomic mass is 127. The van der Waals surface area contributed by atoms with Gasteiger partial charge >= 0.3 is 0 Å². The Morgan fingerprint density at radius 1 is 1.25 bits per heavy atom. The molecule has 1 N–H and O–H groups in total. The zero-order valence-electron chi connectivity index (χ0n) is 18.0. The van der Waals surface area contributed by atoms with Crippen LogP contribution in [0.1, 0.15) is 51.5 Å². The summed E-state index contributed by atoms with van der Waals surface area (Å²) in [4.78, 5) is 13.7. The molecule has 1 aliphatic heterocycles. The first-order valence-corrected chi connectivity index (χ1v) is 10.7. The van der Waals surface area contributed by atoms with Crippen molar-refractivity contribution in [1.82, 2.24) is 24.7 Å². The highest BCUT2D eigenvalue weighted by molar-refractivity contribution is 14.0. The number of likely N-dealkylation sites (tertiary alicyclic amines) is 1. The summed E-state index contributed by atoms with van der Waals surface area (Å²) in [6, 6.07) is 1.04. The summed E-state index contributed by atoms with van der Waals surface area (Å²) in [5, 5.41) is 3.71. The molecule has 2 aliphatic rings. The number of halogens is 1. The largest absolute Gasteiger partial charge is 0.355 e. The zero-order valence-corrected chi connectivity index (χ0v) is 20.4. The second-order valence-corrected chi connectivity index (χ2v) is 8.65. The first-order valence-electron chi connectivity index (χ1n) is 10.7. The number of rotatable bonds is 5. The van der Waals surface area contributed by atoms with E-state index >= 15 is 0 Å². The molecule has 1 saturated carbocycles. The van der Waals surface area contributed by atoms with Gasteiger partial charge in [0.05, 0.1) is 12.4 Å². The van der Waals surface area contributed by atoms with Crippen LogP contribution in [0.4, 0.5) is 0 Å². The molecule has 6 nitrogen and oxygen atoms in total. The van der Waals surface area contributed by atoms with E-state index in [1.807, 2.05) is 19.6 Å². The van der Waals surface area contributed by atoms with E-state index in [0.29, 0.717) is 18.0 Å². The van der Waals surface area contributed by atoms with Gasteiger partial charge in [-0.3, -0.25) is 4.99 Å². The highest BCUT2D eigenvalue weighted by Crippen LogP contribution is 2.29. The monoisotopic (exact) mass is 502 g/mol. The number of aromatic nitrogens is 2. The first-order chi connectivity index (χ1) is 13.1. The van der Waals surface area contributed by atoms with Gasteiger partial charge in [0.15, 0.2) is 5.96 Å². The average molecular weight is 502 g/mol. The molecule has 3 rings (SSSR count). The van der Waals surface area contributed by atoms with Gasteiger partial charge in [-0.15, -0.1) is 24.0 Å². The van der Waals surface area contributed by atoms with E-state index in [9.17, 15) is 0 Å². The van der Waals surface area contributed by atoms with Crippen LogP contribution in [0.5, 0.6) is 0 Å². The summed E-state index contributed by atoms with van der Waals surface area (Å²) in [7, 11) is 6.36. The maximum atomic E-state index is 4.62. The minimum absolute atomic E-state index is 0. The first kappa shape index (κ1) is 23.4. The number of aliphatic imine (C=N–C) groups is 1. The zero-order chi connectivity index (χ0) is 19.2. The molecular weight excluding hydrogens is 463 g/mol. The predicted molar refractivity (Wildman–Crippen MR) is 127 cm³/mol. The minimum atomic E-state index is 0. The summed E-state index contributed by atoms with van der Waals surface area (Å²) < 4.78 is 2.26. The van der Waals surface area contributed by atoms with Gasteiger partial charge in [-0.1, -0.05) is 26.2 Å². The van der Waals surface area contributed by atoms with Crippen molar-refractivity contribution in [1.29, 1.82) is 0 Å². The van der Waals surface area contributed by atoms with Crippen LogP contribution in [-0.4, -0.2) is 72.1 Å². The van der Waals surface area contributed by atoms with Crippen molar-refractivity contribution in [2.45, 2.75) is 57.5 Å². The van der Waals surface area contributed by atoms with Gasteiger partial charge in [-0.25, -0.2) is 4.98 Å². The molecule has 2 fully saturated rings. The summed E-state index contributed by atoms with van der Waals surface area (Å²) in [6.07, 6.45) is 14.0. The Morgan fingerprint density at radius 3 is 2.61 bits per heavy atom. The van der Waals surface area contributed by atoms with E-state index in [0.717, 1.165) is 31.5 Å². The fourth-order valence-corrected chi connectivity index (χ4v) is 4.91. The lowest BCUT2D eigenvalue weighted by atomic mass is 9.83. The van der Waals surface area contributed by atoms with Crippen molar-refractivity contribution in [3.8, 4) is 0 Å². The number of nitrogens with one attached hydrogen (secondary N) is 1. The molecule has 3 unspecified atom stereocenters. The highest BCUT2D eigenvalue weighted by Gasteiger charge is 2.30. The van der Waals surface area contributed by atoms with Gasteiger partial charge in [0, 0.05) is 45.1 Å². The molecule has 0 radical (unpaired) electrons. The molecule has 160 valence electrons. The number of hydrogen-bond donors (Lipinski definition) is 1. The molecule has 2 heterocycles. The van der Waals surface area contributed by atoms with Crippen LogP contribution in [0.15, 0.2) is 23.7 Å². The summed E-state index contributed by atoms with van der Waals surface area (Å²) in [5.41, 5.74) is 0. The van der Waals surface area contributed by atoms with Crippen molar-refractivity contribution in [3.05, 3.63) is 18.7 Å². The molecule has 1 aromatic heterocycles. The number of guanidine groups is 1. The fourth-order valence-electron chi connectivity index (χ4n) is 4.91. The molecule has 0 bridgehead atoms. The second kappa shape index (κ2) is 11.4. The lowest BCUT2D eigenvalue weighted by molar-refractivity contribution is 0.165. The third kappa shape index (κ3) is 5.84. The van der Waals surface area contributed by atoms with Gasteiger partial charge in [0.2, 0.25) is 0 Å². The molecule has 0 amide bonds. The quantitative estimate of drug-likeness (QED) is 0.381. The second-order valence-electron chi connectivity index (χ2n) is 8.65. The van der Waals surface area contributed by atoms with Crippen LogP contribution < -0.4 is 5.32 Å². The Labute approximate surface area is 188 Å². The van der Waals surface area contributed by atoms with Crippen molar-refractivity contribution in [2.75, 3.05) is 40.8 Å². The summed E-state index contributed by atoms with van der Waals surface area (Å²) in [6.45, 7) is 5.39. The Morgan fingerprint density at radius 2 is 2.00 bits per heavy atom. The maximum Gasteiger partial charge on any atom is 0.193 e. The maximum absolute atomic E-state index is 4.62. The van der Waals surface area contributed by atoms with Crippen molar-refractivity contribution >= 4 is 29.9 Å². The van der Waals surface area contributed by atoms with Crippen LogP contribution in [-0.2, 0) is 0 Å². The van der Waals surface area contributed by atoms with Gasteiger partial charge in [-0.05, 0) is 45.2 Å². The lowest BCUT2D eigenvalue weighted by Crippen LogP contribution is -2.52. The third-order valence-electron chi connectivity index (χ3n) is 6.66. The van der Waals surface area contributed by atoms with Gasteiger partial charge in [0.1, 0.15) is 0 Å². The third-order valence-corrected chi connectivity index (χ3v) is 6.66. The lowest BCUT2D eigenvalue weighted by Gasteiger charge is -2.40. The number of hydrogen-bond acceptors (Lipinski definition) is 3. The van der Waals surface area contributed by atoms with Crippen molar-refractivity contribution < 1.29 is 0 Å². The molecular formula is C21H39IN6. The number of likely N-dealkylation sites (N-methyl/N-ethyl adjacent to an activating group) is 1. The smallest absolute Gasteiger partial charge is 0.193 e. The summed E-state index contributed by atoms with van der Waals surface area (Å²) in [5.74, 6) is 2.51. The predicted octanol–water partition coefficient (Wildman–Crippen LogP) is 3.47. The Bertz CT molecular complexity index is 582. The van der Waals surface area contributed by atoms with Gasteiger partial charge in [-0.2, -0.15) is 0 Å². The molecule has 7 heteroatoms. The number of piperidine rings is 1. The normalized spacial score (nSPS) is 25.5. The fraction of sp³-hybridized carbons (Fsp3) is 0.810. The van der Waals surface area contributed by atoms with Crippen molar-refractivity contribution in [3.63, 3.8) is 0 Å². The topological polar surface area (TPSA) is 48.7 Å². The van der Waals surface area contributed by atoms with E-state index in [1.165, 1.54) is 38.5 Å². The van der Waals surface area contributed by atoms with E-state index in [2.05, 4.69) is 56.9 Å². The van der Waals surface area contributed by atoms with E-state index in [1.54, 1.807) is 0 Å². The molecule has 3 atom stereocenters. The van der Waals surface area contributed by atoms with E-state index in [-0.39, 0.29) is 24.0 Å². The van der Waals surface area contributed by atoms with E-state index < -0.39 is 0 Å². The van der Waals surface area contributed by atoms with Crippen LogP contribution >= 0.6 is 24.0 Å².